The monoisotopic (exact) mass is 388 g/mol. The number of nitrogens with one attached hydrogen (secondary N) is 1. The Labute approximate surface area is 168 Å². The van der Waals surface area contributed by atoms with Crippen LogP contribution >= 0.6 is 0 Å². The number of benzene rings is 3. The Balaban J connectivity index is 1.81. The van der Waals surface area contributed by atoms with Gasteiger partial charge in [-0.25, -0.2) is 4.79 Å². The number of hydrogen-bond donors (Lipinski definition) is 2. The molecule has 2 amide bonds. The molecule has 0 spiro atoms. The average Bonchev–Trinajstić information content (AvgIpc) is 2.73. The van der Waals surface area contributed by atoms with Crippen molar-refractivity contribution in [3.05, 3.63) is 84.4 Å². The molecule has 0 aliphatic rings. The van der Waals surface area contributed by atoms with Gasteiger partial charge in [-0.1, -0.05) is 36.4 Å². The fourth-order valence-corrected chi connectivity index (χ4v) is 3.05. The summed E-state index contributed by atoms with van der Waals surface area (Å²) in [4.78, 5) is 36.9. The van der Waals surface area contributed by atoms with Gasteiger partial charge in [-0.2, -0.15) is 0 Å². The van der Waals surface area contributed by atoms with Gasteiger partial charge < -0.3 is 15.3 Å². The first-order valence-electron chi connectivity index (χ1n) is 9.11. The second-order valence-electron chi connectivity index (χ2n) is 6.29. The first-order chi connectivity index (χ1) is 14.0. The van der Waals surface area contributed by atoms with E-state index in [4.69, 9.17) is 5.11 Å². The molecule has 0 radical (unpaired) electrons. The van der Waals surface area contributed by atoms with E-state index in [1.165, 1.54) is 0 Å². The number of carbonyl (C=O) groups is 3. The maximum absolute atomic E-state index is 13.1. The highest BCUT2D eigenvalue weighted by Crippen LogP contribution is 2.28. The summed E-state index contributed by atoms with van der Waals surface area (Å²) in [6.45, 7) is 2.42. The largest absolute Gasteiger partial charge is 0.478 e. The van der Waals surface area contributed by atoms with Crippen LogP contribution in [0.1, 0.15) is 17.3 Å². The molecule has 146 valence electrons. The number of hydrogen-bond acceptors (Lipinski definition) is 3. The Morgan fingerprint density at radius 3 is 2.31 bits per heavy atom. The molecule has 0 unspecified atom stereocenters. The number of nitrogens with zero attached hydrogens (tertiary/aromatic N) is 1. The molecule has 0 heterocycles. The Morgan fingerprint density at radius 2 is 1.62 bits per heavy atom. The smallest absolute Gasteiger partial charge is 0.328 e. The van der Waals surface area contributed by atoms with Gasteiger partial charge in [-0.05, 0) is 42.6 Å². The van der Waals surface area contributed by atoms with Crippen molar-refractivity contribution in [3.63, 3.8) is 0 Å². The molecule has 3 aromatic rings. The van der Waals surface area contributed by atoms with E-state index in [2.05, 4.69) is 5.32 Å². The van der Waals surface area contributed by atoms with Gasteiger partial charge in [0.15, 0.2) is 0 Å². The quantitative estimate of drug-likeness (QED) is 0.623. The highest BCUT2D eigenvalue weighted by Gasteiger charge is 2.18. The average molecular weight is 388 g/mol. The third-order valence-corrected chi connectivity index (χ3v) is 4.40. The number of fused-ring (bicyclic) bond motifs is 1. The molecule has 0 bridgehead atoms. The van der Waals surface area contributed by atoms with Crippen LogP contribution < -0.4 is 10.2 Å². The summed E-state index contributed by atoms with van der Waals surface area (Å²) in [5, 5.41) is 13.2. The summed E-state index contributed by atoms with van der Waals surface area (Å²) in [6, 6.07) is 20.2. The number of anilines is 2. The predicted molar refractivity (Wildman–Crippen MR) is 113 cm³/mol. The van der Waals surface area contributed by atoms with E-state index < -0.39 is 11.9 Å². The van der Waals surface area contributed by atoms with Gasteiger partial charge >= 0.3 is 5.97 Å². The molecule has 0 saturated carbocycles. The maximum Gasteiger partial charge on any atom is 0.328 e. The zero-order valence-electron chi connectivity index (χ0n) is 15.8. The molecule has 6 nitrogen and oxygen atoms in total. The molecular formula is C23H20N2O4. The topological polar surface area (TPSA) is 86.7 Å². The van der Waals surface area contributed by atoms with Crippen molar-refractivity contribution < 1.29 is 19.5 Å². The fourth-order valence-electron chi connectivity index (χ4n) is 3.05. The molecule has 0 fully saturated rings. The van der Waals surface area contributed by atoms with Gasteiger partial charge in [-0.15, -0.1) is 0 Å². The van der Waals surface area contributed by atoms with Gasteiger partial charge in [0.2, 0.25) is 5.91 Å². The second-order valence-corrected chi connectivity index (χ2v) is 6.29. The van der Waals surface area contributed by atoms with Crippen LogP contribution in [0.2, 0.25) is 0 Å². The van der Waals surface area contributed by atoms with Crippen LogP contribution in [0.5, 0.6) is 0 Å². The fraction of sp³-hybridized carbons (Fsp3) is 0.0870. The molecule has 29 heavy (non-hydrogen) atoms. The molecule has 0 aliphatic heterocycles. The minimum absolute atomic E-state index is 0.146. The molecular weight excluding hydrogens is 368 g/mol. The number of aliphatic carboxylic acids is 1. The van der Waals surface area contributed by atoms with E-state index in [-0.39, 0.29) is 5.91 Å². The van der Waals surface area contributed by atoms with Gasteiger partial charge in [0.25, 0.3) is 5.91 Å². The first kappa shape index (κ1) is 19.8. The van der Waals surface area contributed by atoms with E-state index in [0.717, 1.165) is 28.6 Å². The molecule has 0 atom stereocenters. The zero-order valence-corrected chi connectivity index (χ0v) is 15.8. The first-order valence-corrected chi connectivity index (χ1v) is 9.11. The summed E-state index contributed by atoms with van der Waals surface area (Å²) >= 11 is 0. The predicted octanol–water partition coefficient (Wildman–Crippen LogP) is 4.09. The van der Waals surface area contributed by atoms with Crippen molar-refractivity contribution in [1.82, 2.24) is 0 Å². The lowest BCUT2D eigenvalue weighted by atomic mass is 10.1. The van der Waals surface area contributed by atoms with Gasteiger partial charge in [0.1, 0.15) is 0 Å². The van der Waals surface area contributed by atoms with Crippen molar-refractivity contribution in [2.24, 2.45) is 0 Å². The van der Waals surface area contributed by atoms with Crippen molar-refractivity contribution in [3.8, 4) is 0 Å². The van der Waals surface area contributed by atoms with Crippen LogP contribution in [0.4, 0.5) is 11.4 Å². The SMILES string of the molecule is CCN(C(=O)c1ccc(NC(=O)/C=C/C(=O)O)cc1)c1cccc2ccccc12. The van der Waals surface area contributed by atoms with E-state index in [0.29, 0.717) is 17.8 Å². The molecule has 3 aromatic carbocycles. The van der Waals surface area contributed by atoms with Crippen molar-refractivity contribution in [1.29, 1.82) is 0 Å². The minimum atomic E-state index is -1.20. The number of carboxylic acids is 1. The minimum Gasteiger partial charge on any atom is -0.478 e. The normalized spacial score (nSPS) is 10.8. The van der Waals surface area contributed by atoms with Crippen molar-refractivity contribution in [2.45, 2.75) is 6.92 Å². The van der Waals surface area contributed by atoms with Crippen LogP contribution in [-0.2, 0) is 9.59 Å². The van der Waals surface area contributed by atoms with E-state index in [1.807, 2.05) is 49.4 Å². The van der Waals surface area contributed by atoms with Crippen LogP contribution in [0.3, 0.4) is 0 Å². The van der Waals surface area contributed by atoms with Crippen LogP contribution in [0, 0.1) is 0 Å². The molecule has 6 heteroatoms. The maximum atomic E-state index is 13.1. The lowest BCUT2D eigenvalue weighted by molar-refractivity contribution is -0.131. The van der Waals surface area contributed by atoms with Gasteiger partial charge in [0, 0.05) is 35.3 Å². The standard InChI is InChI=1S/C23H20N2O4/c1-2-25(20-9-5-7-16-6-3-4-8-19(16)20)23(29)17-10-12-18(13-11-17)24-21(26)14-15-22(27)28/h3-15H,2H2,1H3,(H,24,26)(H,27,28)/b15-14+. The van der Waals surface area contributed by atoms with E-state index >= 15 is 0 Å². The number of amides is 2. The van der Waals surface area contributed by atoms with Crippen molar-refractivity contribution in [2.75, 3.05) is 16.8 Å². The van der Waals surface area contributed by atoms with E-state index in [9.17, 15) is 14.4 Å². The third kappa shape index (κ3) is 4.68. The van der Waals surface area contributed by atoms with Crippen LogP contribution in [-0.4, -0.2) is 29.4 Å². The number of carbonyl (C=O) groups excluding carboxylic acids is 2. The Hall–Kier alpha value is -3.93. The Bertz CT molecular complexity index is 1080. The second kappa shape index (κ2) is 8.84. The summed E-state index contributed by atoms with van der Waals surface area (Å²) < 4.78 is 0. The van der Waals surface area contributed by atoms with Gasteiger partial charge in [-0.3, -0.25) is 9.59 Å². The molecule has 0 saturated heterocycles. The highest BCUT2D eigenvalue weighted by molar-refractivity contribution is 6.11. The summed E-state index contributed by atoms with van der Waals surface area (Å²) in [5.74, 6) is -1.90. The third-order valence-electron chi connectivity index (χ3n) is 4.40. The number of rotatable bonds is 6. The zero-order chi connectivity index (χ0) is 20.8. The van der Waals surface area contributed by atoms with Gasteiger partial charge in [0.05, 0.1) is 5.69 Å². The highest BCUT2D eigenvalue weighted by atomic mass is 16.4. The van der Waals surface area contributed by atoms with Crippen molar-refractivity contribution >= 4 is 39.9 Å². The van der Waals surface area contributed by atoms with E-state index in [1.54, 1.807) is 29.2 Å². The molecule has 2 N–H and O–H groups in total. The Kier molecular flexibility index (Phi) is 6.04. The summed E-state index contributed by atoms with van der Waals surface area (Å²) in [6.07, 6.45) is 1.69. The molecule has 0 aromatic heterocycles. The summed E-state index contributed by atoms with van der Waals surface area (Å²) in [5.41, 5.74) is 1.79. The molecule has 0 aliphatic carbocycles. The Morgan fingerprint density at radius 1 is 0.931 bits per heavy atom. The van der Waals surface area contributed by atoms with Crippen LogP contribution in [0.15, 0.2) is 78.9 Å². The number of carboxylic acid groups (broad SMARTS) is 1. The lowest BCUT2D eigenvalue weighted by Crippen LogP contribution is -2.30. The molecule has 3 rings (SSSR count). The van der Waals surface area contributed by atoms with Crippen LogP contribution in [0.25, 0.3) is 10.8 Å². The summed E-state index contributed by atoms with van der Waals surface area (Å²) in [7, 11) is 0. The lowest BCUT2D eigenvalue weighted by Gasteiger charge is -2.23.